The minimum absolute atomic E-state index is 0.000987. The number of hydrogen-bond donors (Lipinski definition) is 1. The fraction of sp³-hybridized carbons (Fsp3) is 0.158. The number of carbonyl (C=O) groups is 1. The number of methoxy groups -OCH3 is 1. The van der Waals surface area contributed by atoms with Crippen molar-refractivity contribution in [3.8, 4) is 5.75 Å². The zero-order chi connectivity index (χ0) is 17.1. The third-order valence-electron chi connectivity index (χ3n) is 3.80. The number of hydrogen-bond acceptors (Lipinski definition) is 4. The van der Waals surface area contributed by atoms with Gasteiger partial charge in [-0.1, -0.05) is 30.3 Å². The number of nitrogens with one attached hydrogen (secondary N) is 1. The van der Waals surface area contributed by atoms with Crippen LogP contribution >= 0.6 is 0 Å². The molecule has 0 fully saturated rings. The van der Waals surface area contributed by atoms with Crippen LogP contribution in [0.15, 0.2) is 57.7 Å². The van der Waals surface area contributed by atoms with Crippen LogP contribution in [0.25, 0.3) is 11.0 Å². The van der Waals surface area contributed by atoms with Crippen LogP contribution in [0.3, 0.4) is 0 Å². The Balaban J connectivity index is 1.79. The Morgan fingerprint density at radius 3 is 2.71 bits per heavy atom. The van der Waals surface area contributed by atoms with Crippen LogP contribution in [0.5, 0.6) is 5.75 Å². The SMILES string of the molecule is COc1ccc(CNC(=O)c2cc3ccccc3oc2=O)cc1C. The van der Waals surface area contributed by atoms with E-state index in [9.17, 15) is 9.59 Å². The van der Waals surface area contributed by atoms with Crippen LogP contribution in [0.1, 0.15) is 21.5 Å². The van der Waals surface area contributed by atoms with Crippen molar-refractivity contribution in [2.45, 2.75) is 13.5 Å². The first-order valence-electron chi connectivity index (χ1n) is 7.53. The van der Waals surface area contributed by atoms with E-state index in [0.29, 0.717) is 17.5 Å². The van der Waals surface area contributed by atoms with Crippen LogP contribution in [-0.4, -0.2) is 13.0 Å². The molecule has 0 aliphatic carbocycles. The van der Waals surface area contributed by atoms with Gasteiger partial charge in [0.1, 0.15) is 16.9 Å². The zero-order valence-electron chi connectivity index (χ0n) is 13.5. The lowest BCUT2D eigenvalue weighted by Crippen LogP contribution is -2.27. The first kappa shape index (κ1) is 15.8. The van der Waals surface area contributed by atoms with Crippen molar-refractivity contribution in [2.24, 2.45) is 0 Å². The van der Waals surface area contributed by atoms with E-state index in [1.165, 1.54) is 0 Å². The molecule has 2 aromatic carbocycles. The number of ether oxygens (including phenoxy) is 1. The van der Waals surface area contributed by atoms with Gasteiger partial charge in [-0.25, -0.2) is 4.79 Å². The van der Waals surface area contributed by atoms with E-state index in [4.69, 9.17) is 9.15 Å². The molecule has 0 bridgehead atoms. The van der Waals surface area contributed by atoms with Gasteiger partial charge in [-0.2, -0.15) is 0 Å². The normalized spacial score (nSPS) is 10.6. The van der Waals surface area contributed by atoms with Gasteiger partial charge < -0.3 is 14.5 Å². The first-order valence-corrected chi connectivity index (χ1v) is 7.53. The molecule has 0 atom stereocenters. The van der Waals surface area contributed by atoms with E-state index >= 15 is 0 Å². The van der Waals surface area contributed by atoms with E-state index < -0.39 is 11.5 Å². The van der Waals surface area contributed by atoms with Gasteiger partial charge in [-0.05, 0) is 36.2 Å². The summed E-state index contributed by atoms with van der Waals surface area (Å²) in [6.07, 6.45) is 0. The lowest BCUT2D eigenvalue weighted by Gasteiger charge is -2.09. The van der Waals surface area contributed by atoms with Crippen molar-refractivity contribution in [2.75, 3.05) is 7.11 Å². The average molecular weight is 323 g/mol. The molecule has 0 saturated heterocycles. The van der Waals surface area contributed by atoms with Crippen LogP contribution in [0.2, 0.25) is 0 Å². The van der Waals surface area contributed by atoms with Crippen LogP contribution < -0.4 is 15.7 Å². The summed E-state index contributed by atoms with van der Waals surface area (Å²) in [5.41, 5.74) is 1.72. The molecule has 0 aliphatic rings. The second-order valence-corrected chi connectivity index (χ2v) is 5.47. The van der Waals surface area contributed by atoms with Crippen molar-refractivity contribution in [3.05, 3.63) is 75.6 Å². The highest BCUT2D eigenvalue weighted by atomic mass is 16.5. The van der Waals surface area contributed by atoms with Crippen LogP contribution in [0, 0.1) is 6.92 Å². The highest BCUT2D eigenvalue weighted by molar-refractivity contribution is 5.96. The Bertz CT molecular complexity index is 959. The molecule has 24 heavy (non-hydrogen) atoms. The van der Waals surface area contributed by atoms with E-state index in [1.807, 2.05) is 31.2 Å². The molecule has 122 valence electrons. The standard InChI is InChI=1S/C19H17NO4/c1-12-9-13(7-8-16(12)23-2)11-20-18(21)15-10-14-5-3-4-6-17(14)24-19(15)22/h3-10H,11H2,1-2H3,(H,20,21). The lowest BCUT2D eigenvalue weighted by molar-refractivity contribution is 0.0947. The monoisotopic (exact) mass is 323 g/mol. The highest BCUT2D eigenvalue weighted by Gasteiger charge is 2.13. The second-order valence-electron chi connectivity index (χ2n) is 5.47. The molecule has 0 saturated carbocycles. The molecule has 0 radical (unpaired) electrons. The van der Waals surface area contributed by atoms with Gasteiger partial charge in [0, 0.05) is 11.9 Å². The number of amides is 1. The number of para-hydroxylation sites is 1. The Labute approximate surface area is 138 Å². The van der Waals surface area contributed by atoms with Crippen LogP contribution in [0.4, 0.5) is 0 Å². The summed E-state index contributed by atoms with van der Waals surface area (Å²) in [7, 11) is 1.61. The Morgan fingerprint density at radius 2 is 1.96 bits per heavy atom. The van der Waals surface area contributed by atoms with Crippen molar-refractivity contribution < 1.29 is 13.9 Å². The summed E-state index contributed by atoms with van der Waals surface area (Å²) < 4.78 is 10.4. The van der Waals surface area contributed by atoms with E-state index in [2.05, 4.69) is 5.32 Å². The molecule has 3 aromatic rings. The number of carbonyl (C=O) groups excluding carboxylic acids is 1. The van der Waals surface area contributed by atoms with Gasteiger partial charge in [0.2, 0.25) is 0 Å². The summed E-state index contributed by atoms with van der Waals surface area (Å²) in [5, 5.41) is 3.46. The van der Waals surface area contributed by atoms with Gasteiger partial charge in [-0.3, -0.25) is 4.79 Å². The fourth-order valence-corrected chi connectivity index (χ4v) is 2.55. The minimum atomic E-state index is -0.642. The predicted molar refractivity (Wildman–Crippen MR) is 91.4 cm³/mol. The fourth-order valence-electron chi connectivity index (χ4n) is 2.55. The number of benzene rings is 2. The van der Waals surface area contributed by atoms with Crippen LogP contribution in [-0.2, 0) is 6.54 Å². The molecular weight excluding hydrogens is 306 g/mol. The van der Waals surface area contributed by atoms with Gasteiger partial charge in [0.25, 0.3) is 5.91 Å². The quantitative estimate of drug-likeness (QED) is 0.749. The van der Waals surface area contributed by atoms with Gasteiger partial charge >= 0.3 is 5.63 Å². The van der Waals surface area contributed by atoms with Crippen molar-refractivity contribution in [3.63, 3.8) is 0 Å². The number of fused-ring (bicyclic) bond motifs is 1. The molecule has 5 nitrogen and oxygen atoms in total. The molecule has 3 rings (SSSR count). The van der Waals surface area contributed by atoms with Gasteiger partial charge in [0.05, 0.1) is 7.11 Å². The molecule has 5 heteroatoms. The Hall–Kier alpha value is -3.08. The second kappa shape index (κ2) is 6.58. The molecule has 1 N–H and O–H groups in total. The third kappa shape index (κ3) is 3.15. The maximum Gasteiger partial charge on any atom is 0.349 e. The maximum absolute atomic E-state index is 12.3. The Kier molecular flexibility index (Phi) is 4.33. The molecule has 0 spiro atoms. The highest BCUT2D eigenvalue weighted by Crippen LogP contribution is 2.18. The molecule has 0 unspecified atom stereocenters. The molecule has 1 heterocycles. The molecule has 1 amide bonds. The summed E-state index contributed by atoms with van der Waals surface area (Å²) >= 11 is 0. The summed E-state index contributed by atoms with van der Waals surface area (Å²) in [6.45, 7) is 2.25. The van der Waals surface area contributed by atoms with Crippen molar-refractivity contribution in [1.29, 1.82) is 0 Å². The molecular formula is C19H17NO4. The van der Waals surface area contributed by atoms with Crippen molar-refractivity contribution >= 4 is 16.9 Å². The van der Waals surface area contributed by atoms with E-state index in [1.54, 1.807) is 31.4 Å². The topological polar surface area (TPSA) is 68.5 Å². The largest absolute Gasteiger partial charge is 0.496 e. The number of rotatable bonds is 4. The summed E-state index contributed by atoms with van der Waals surface area (Å²) in [4.78, 5) is 24.3. The molecule has 0 aliphatic heterocycles. The van der Waals surface area contributed by atoms with E-state index in [-0.39, 0.29) is 5.56 Å². The van der Waals surface area contributed by atoms with Gasteiger partial charge in [0.15, 0.2) is 0 Å². The summed E-state index contributed by atoms with van der Waals surface area (Å²) in [5.74, 6) is 0.336. The third-order valence-corrected chi connectivity index (χ3v) is 3.80. The first-order chi connectivity index (χ1) is 11.6. The smallest absolute Gasteiger partial charge is 0.349 e. The predicted octanol–water partition coefficient (Wildman–Crippen LogP) is 3.04. The van der Waals surface area contributed by atoms with Gasteiger partial charge in [-0.15, -0.1) is 0 Å². The average Bonchev–Trinajstić information content (AvgIpc) is 2.59. The number of aryl methyl sites for hydroxylation is 1. The van der Waals surface area contributed by atoms with E-state index in [0.717, 1.165) is 16.9 Å². The maximum atomic E-state index is 12.3. The molecule has 1 aromatic heterocycles. The lowest BCUT2D eigenvalue weighted by atomic mass is 10.1. The Morgan fingerprint density at radius 1 is 1.17 bits per heavy atom. The summed E-state index contributed by atoms with van der Waals surface area (Å²) in [6, 6.07) is 14.3. The zero-order valence-corrected chi connectivity index (χ0v) is 13.5. The van der Waals surface area contributed by atoms with Crippen molar-refractivity contribution in [1.82, 2.24) is 5.32 Å². The minimum Gasteiger partial charge on any atom is -0.496 e.